The number of hydrogen-bond donors (Lipinski definition) is 2. The van der Waals surface area contributed by atoms with Crippen LogP contribution >= 0.6 is 0 Å². The van der Waals surface area contributed by atoms with Gasteiger partial charge in [0.1, 0.15) is 0 Å². The zero-order valence-electron chi connectivity index (χ0n) is 13.0. The molecule has 3 atom stereocenters. The van der Waals surface area contributed by atoms with Gasteiger partial charge in [0.15, 0.2) is 0 Å². The molecule has 1 rings (SSSR count). The Balaban J connectivity index is 2.44. The van der Waals surface area contributed by atoms with Crippen LogP contribution in [0.4, 0.5) is 0 Å². The van der Waals surface area contributed by atoms with E-state index in [0.717, 1.165) is 6.54 Å². The summed E-state index contributed by atoms with van der Waals surface area (Å²) in [5.74, 6) is 1.15. The summed E-state index contributed by atoms with van der Waals surface area (Å²) in [6, 6.07) is 0.705. The third-order valence-corrected chi connectivity index (χ3v) is 4.52. The van der Waals surface area contributed by atoms with Gasteiger partial charge in [-0.3, -0.25) is 9.69 Å². The predicted octanol–water partition coefficient (Wildman–Crippen LogP) is 1.60. The fraction of sp³-hybridized carbons (Fsp3) is 0.933. The number of amides is 1. The molecule has 0 aromatic heterocycles. The van der Waals surface area contributed by atoms with Crippen molar-refractivity contribution in [1.82, 2.24) is 10.2 Å². The summed E-state index contributed by atoms with van der Waals surface area (Å²) in [5, 5.41) is 3.07. The highest BCUT2D eigenvalue weighted by molar-refractivity contribution is 5.78. The molecule has 0 spiro atoms. The van der Waals surface area contributed by atoms with Crippen LogP contribution < -0.4 is 11.1 Å². The molecule has 4 heteroatoms. The van der Waals surface area contributed by atoms with Crippen LogP contribution in [-0.4, -0.2) is 43.0 Å². The zero-order chi connectivity index (χ0) is 14.4. The smallest absolute Gasteiger partial charge is 0.234 e. The third-order valence-electron chi connectivity index (χ3n) is 4.52. The summed E-state index contributed by atoms with van der Waals surface area (Å²) >= 11 is 0. The lowest BCUT2D eigenvalue weighted by Gasteiger charge is -2.37. The van der Waals surface area contributed by atoms with Crippen molar-refractivity contribution in [2.24, 2.45) is 17.6 Å². The van der Waals surface area contributed by atoms with Gasteiger partial charge in [0.25, 0.3) is 0 Å². The largest absolute Gasteiger partial charge is 0.352 e. The lowest BCUT2D eigenvalue weighted by molar-refractivity contribution is -0.123. The number of nitrogens with one attached hydrogen (secondary N) is 1. The first-order chi connectivity index (χ1) is 8.95. The molecule has 0 bridgehead atoms. The van der Waals surface area contributed by atoms with E-state index in [-0.39, 0.29) is 11.9 Å². The first-order valence-corrected chi connectivity index (χ1v) is 7.65. The van der Waals surface area contributed by atoms with Gasteiger partial charge in [0.2, 0.25) is 5.91 Å². The highest BCUT2D eigenvalue weighted by atomic mass is 16.2. The van der Waals surface area contributed by atoms with Gasteiger partial charge in [-0.2, -0.15) is 0 Å². The Hall–Kier alpha value is -0.610. The zero-order valence-corrected chi connectivity index (χ0v) is 13.0. The number of carbonyl (C=O) groups excluding carboxylic acids is 1. The first-order valence-electron chi connectivity index (χ1n) is 7.65. The summed E-state index contributed by atoms with van der Waals surface area (Å²) in [6.45, 7) is 7.53. The predicted molar refractivity (Wildman–Crippen MR) is 79.9 cm³/mol. The van der Waals surface area contributed by atoms with Gasteiger partial charge in [-0.1, -0.05) is 26.7 Å². The molecular weight excluding hydrogens is 238 g/mol. The number of likely N-dealkylation sites (N-methyl/N-ethyl adjacent to an activating group) is 1. The Bertz CT molecular complexity index is 281. The van der Waals surface area contributed by atoms with Crippen LogP contribution in [0.2, 0.25) is 0 Å². The monoisotopic (exact) mass is 269 g/mol. The van der Waals surface area contributed by atoms with E-state index in [1.165, 1.54) is 25.7 Å². The fourth-order valence-electron chi connectivity index (χ4n) is 2.85. The van der Waals surface area contributed by atoms with Crippen molar-refractivity contribution in [2.75, 3.05) is 20.1 Å². The molecule has 0 heterocycles. The van der Waals surface area contributed by atoms with Crippen LogP contribution in [0, 0.1) is 11.8 Å². The molecule has 0 aromatic carbocycles. The summed E-state index contributed by atoms with van der Waals surface area (Å²) in [6.07, 6.45) is 4.92. The molecule has 19 heavy (non-hydrogen) atoms. The molecule has 112 valence electrons. The maximum absolute atomic E-state index is 12.0. The van der Waals surface area contributed by atoms with Crippen LogP contribution in [-0.2, 0) is 4.79 Å². The second-order valence-corrected chi connectivity index (χ2v) is 6.36. The maximum atomic E-state index is 12.0. The minimum Gasteiger partial charge on any atom is -0.352 e. The van der Waals surface area contributed by atoms with Gasteiger partial charge in [0, 0.05) is 12.1 Å². The summed E-state index contributed by atoms with van der Waals surface area (Å²) in [4.78, 5) is 14.2. The van der Waals surface area contributed by atoms with Gasteiger partial charge in [-0.25, -0.2) is 0 Å². The van der Waals surface area contributed by atoms with Crippen molar-refractivity contribution < 1.29 is 4.79 Å². The van der Waals surface area contributed by atoms with Crippen LogP contribution in [0.5, 0.6) is 0 Å². The molecule has 1 saturated carbocycles. The number of nitrogens with zero attached hydrogens (tertiary/aromatic N) is 1. The number of carbonyl (C=O) groups is 1. The molecule has 1 aliphatic carbocycles. The Morgan fingerprint density at radius 3 is 2.53 bits per heavy atom. The van der Waals surface area contributed by atoms with E-state index in [1.807, 2.05) is 0 Å². The summed E-state index contributed by atoms with van der Waals surface area (Å²) in [7, 11) is 2.05. The highest BCUT2D eigenvalue weighted by Gasteiger charge is 2.28. The molecular formula is C15H31N3O. The van der Waals surface area contributed by atoms with Gasteiger partial charge < -0.3 is 11.1 Å². The number of hydrogen-bond acceptors (Lipinski definition) is 3. The average Bonchev–Trinajstić information content (AvgIpc) is 2.38. The second-order valence-electron chi connectivity index (χ2n) is 6.36. The quantitative estimate of drug-likeness (QED) is 0.770. The topological polar surface area (TPSA) is 58.4 Å². The molecule has 3 N–H and O–H groups in total. The van der Waals surface area contributed by atoms with Gasteiger partial charge in [-0.05, 0) is 45.2 Å². The van der Waals surface area contributed by atoms with E-state index in [1.54, 1.807) is 0 Å². The molecule has 0 aliphatic heterocycles. The Labute approximate surface area is 118 Å². The Morgan fingerprint density at radius 2 is 1.95 bits per heavy atom. The van der Waals surface area contributed by atoms with Crippen molar-refractivity contribution in [3.8, 4) is 0 Å². The van der Waals surface area contributed by atoms with Crippen molar-refractivity contribution in [2.45, 2.75) is 58.5 Å². The van der Waals surface area contributed by atoms with Crippen LogP contribution in [0.25, 0.3) is 0 Å². The van der Waals surface area contributed by atoms with Gasteiger partial charge in [0.05, 0.1) is 6.54 Å². The standard InChI is InChI=1S/C15H31N3O/c1-11(2)12(3)17-15(19)10-18(4)14-8-6-5-7-13(14)9-16/h11-14H,5-10,16H2,1-4H3,(H,17,19). The maximum Gasteiger partial charge on any atom is 0.234 e. The average molecular weight is 269 g/mol. The molecule has 0 aromatic rings. The van der Waals surface area contributed by atoms with Crippen molar-refractivity contribution in [3.05, 3.63) is 0 Å². The van der Waals surface area contributed by atoms with Gasteiger partial charge in [-0.15, -0.1) is 0 Å². The SMILES string of the molecule is CC(C)C(C)NC(=O)CN(C)C1CCCCC1CN. The van der Waals surface area contributed by atoms with Crippen molar-refractivity contribution in [3.63, 3.8) is 0 Å². The van der Waals surface area contributed by atoms with E-state index in [0.29, 0.717) is 24.4 Å². The number of rotatable bonds is 6. The Morgan fingerprint density at radius 1 is 1.32 bits per heavy atom. The van der Waals surface area contributed by atoms with E-state index in [2.05, 4.69) is 38.0 Å². The van der Waals surface area contributed by atoms with E-state index >= 15 is 0 Å². The number of nitrogens with two attached hydrogens (primary N) is 1. The van der Waals surface area contributed by atoms with Crippen LogP contribution in [0.3, 0.4) is 0 Å². The lowest BCUT2D eigenvalue weighted by Crippen LogP contribution is -2.48. The van der Waals surface area contributed by atoms with Crippen molar-refractivity contribution in [1.29, 1.82) is 0 Å². The Kier molecular flexibility index (Phi) is 6.80. The highest BCUT2D eigenvalue weighted by Crippen LogP contribution is 2.26. The molecule has 0 saturated heterocycles. The van der Waals surface area contributed by atoms with Crippen molar-refractivity contribution >= 4 is 5.91 Å². The third kappa shape index (κ3) is 5.11. The molecule has 3 unspecified atom stereocenters. The molecule has 4 nitrogen and oxygen atoms in total. The molecule has 1 fully saturated rings. The van der Waals surface area contributed by atoms with E-state index < -0.39 is 0 Å². The van der Waals surface area contributed by atoms with E-state index in [9.17, 15) is 4.79 Å². The normalized spacial score (nSPS) is 25.6. The molecule has 0 radical (unpaired) electrons. The summed E-state index contributed by atoms with van der Waals surface area (Å²) < 4.78 is 0. The lowest BCUT2D eigenvalue weighted by atomic mass is 9.84. The second kappa shape index (κ2) is 7.85. The molecule has 1 aliphatic rings. The minimum absolute atomic E-state index is 0.130. The summed E-state index contributed by atoms with van der Waals surface area (Å²) in [5.41, 5.74) is 5.86. The first kappa shape index (κ1) is 16.4. The van der Waals surface area contributed by atoms with Crippen LogP contribution in [0.15, 0.2) is 0 Å². The fourth-order valence-corrected chi connectivity index (χ4v) is 2.85. The van der Waals surface area contributed by atoms with E-state index in [4.69, 9.17) is 5.73 Å². The van der Waals surface area contributed by atoms with Gasteiger partial charge >= 0.3 is 0 Å². The molecule has 1 amide bonds. The minimum atomic E-state index is 0.130. The van der Waals surface area contributed by atoms with Crippen LogP contribution in [0.1, 0.15) is 46.5 Å².